The van der Waals surface area contributed by atoms with Crippen LogP contribution in [0, 0.1) is 6.92 Å². The van der Waals surface area contributed by atoms with Crippen molar-refractivity contribution in [3.8, 4) is 11.3 Å². The number of nitrogens with zero attached hydrogens (tertiary/aromatic N) is 6. The van der Waals surface area contributed by atoms with Crippen molar-refractivity contribution in [2.45, 2.75) is 52.7 Å². The van der Waals surface area contributed by atoms with Crippen LogP contribution >= 0.6 is 0 Å². The summed E-state index contributed by atoms with van der Waals surface area (Å²) in [6.45, 7) is 8.76. The van der Waals surface area contributed by atoms with Gasteiger partial charge in [0.05, 0.1) is 24.7 Å². The normalized spacial score (nSPS) is 13.4. The molecule has 0 saturated heterocycles. The second kappa shape index (κ2) is 11.6. The summed E-state index contributed by atoms with van der Waals surface area (Å²) in [5, 5.41) is 9.50. The lowest BCUT2D eigenvalue weighted by atomic mass is 10.1. The Morgan fingerprint density at radius 3 is 2.44 bits per heavy atom. The number of guanidine groups is 1. The zero-order valence-electron chi connectivity index (χ0n) is 20.7. The summed E-state index contributed by atoms with van der Waals surface area (Å²) < 4.78 is 2.11. The van der Waals surface area contributed by atoms with Gasteiger partial charge in [-0.2, -0.15) is 4.99 Å². The minimum absolute atomic E-state index is 0.0679. The number of aliphatic hydroxyl groups is 1. The second-order valence-electron chi connectivity index (χ2n) is 8.61. The third-order valence-corrected chi connectivity index (χ3v) is 5.72. The highest BCUT2D eigenvalue weighted by atomic mass is 16.3. The standard InChI is InChI=1S/C26H35N7O/c1-6-22(16-34)30-26(27)31-25(24-19(4)33(17-29-24)18(2)3)32(5)15-20-10-12-21(13-11-20)23-9-7-8-14-28-23/h7-14,17-18,22,34H,6,15-16H2,1-5H3,(H2,27,30)/t22-/m1/s1. The lowest BCUT2D eigenvalue weighted by Gasteiger charge is -2.22. The van der Waals surface area contributed by atoms with Gasteiger partial charge in [0.25, 0.3) is 0 Å². The van der Waals surface area contributed by atoms with E-state index in [0.29, 0.717) is 18.8 Å². The molecule has 1 aromatic carbocycles. The van der Waals surface area contributed by atoms with Gasteiger partial charge in [-0.15, -0.1) is 0 Å². The molecule has 3 aromatic rings. The monoisotopic (exact) mass is 461 g/mol. The summed E-state index contributed by atoms with van der Waals surface area (Å²) in [7, 11) is 1.97. The molecule has 0 aliphatic rings. The molecular formula is C26H35N7O. The van der Waals surface area contributed by atoms with Crippen LogP contribution in [0.4, 0.5) is 0 Å². The quantitative estimate of drug-likeness (QED) is 0.392. The Morgan fingerprint density at radius 2 is 1.88 bits per heavy atom. The van der Waals surface area contributed by atoms with Crippen LogP contribution < -0.4 is 5.73 Å². The molecule has 2 aromatic heterocycles. The Balaban J connectivity index is 1.92. The molecule has 0 amide bonds. The van der Waals surface area contributed by atoms with Gasteiger partial charge < -0.3 is 20.3 Å². The van der Waals surface area contributed by atoms with Gasteiger partial charge >= 0.3 is 0 Å². The summed E-state index contributed by atoms with van der Waals surface area (Å²) in [5.41, 5.74) is 11.1. The SMILES string of the molecule is CC[C@H](CO)N=C(N)N=C(c1ncn(C(C)C)c1C)N(C)Cc1ccc(-c2ccccn2)cc1. The van der Waals surface area contributed by atoms with E-state index < -0.39 is 0 Å². The van der Waals surface area contributed by atoms with E-state index in [1.807, 2.05) is 50.3 Å². The second-order valence-corrected chi connectivity index (χ2v) is 8.61. The lowest BCUT2D eigenvalue weighted by Crippen LogP contribution is -2.31. The van der Waals surface area contributed by atoms with E-state index >= 15 is 0 Å². The van der Waals surface area contributed by atoms with E-state index in [-0.39, 0.29) is 24.7 Å². The molecule has 0 fully saturated rings. The third-order valence-electron chi connectivity index (χ3n) is 5.72. The van der Waals surface area contributed by atoms with Gasteiger partial charge in [-0.1, -0.05) is 37.3 Å². The largest absolute Gasteiger partial charge is 0.394 e. The topological polar surface area (TPSA) is 105 Å². The van der Waals surface area contributed by atoms with Crippen molar-refractivity contribution in [1.82, 2.24) is 19.4 Å². The molecule has 0 saturated carbocycles. The number of aliphatic imine (C=N–C) groups is 2. The number of hydrogen-bond donors (Lipinski definition) is 2. The maximum absolute atomic E-state index is 9.50. The Morgan fingerprint density at radius 1 is 1.15 bits per heavy atom. The molecule has 0 bridgehead atoms. The molecule has 0 aliphatic carbocycles. The number of nitrogens with two attached hydrogens (primary N) is 1. The molecule has 180 valence electrons. The summed E-state index contributed by atoms with van der Waals surface area (Å²) in [5.74, 6) is 0.770. The maximum Gasteiger partial charge on any atom is 0.217 e. The van der Waals surface area contributed by atoms with Crippen molar-refractivity contribution in [3.63, 3.8) is 0 Å². The molecule has 0 radical (unpaired) electrons. The van der Waals surface area contributed by atoms with E-state index in [1.54, 1.807) is 6.20 Å². The Hall–Kier alpha value is -3.52. The van der Waals surface area contributed by atoms with Crippen LogP contribution in [-0.4, -0.2) is 56.0 Å². The van der Waals surface area contributed by atoms with Crippen molar-refractivity contribution in [1.29, 1.82) is 0 Å². The number of aromatic nitrogens is 3. The molecular weight excluding hydrogens is 426 g/mol. The van der Waals surface area contributed by atoms with Crippen molar-refractivity contribution in [3.05, 3.63) is 71.9 Å². The average Bonchev–Trinajstić information content (AvgIpc) is 3.23. The molecule has 2 heterocycles. The van der Waals surface area contributed by atoms with Crippen LogP contribution in [0.25, 0.3) is 11.3 Å². The van der Waals surface area contributed by atoms with Crippen molar-refractivity contribution in [2.75, 3.05) is 13.7 Å². The van der Waals surface area contributed by atoms with E-state index in [4.69, 9.17) is 5.73 Å². The van der Waals surface area contributed by atoms with Crippen LogP contribution in [0.5, 0.6) is 0 Å². The molecule has 1 atom stereocenters. The van der Waals surface area contributed by atoms with Crippen LogP contribution in [0.2, 0.25) is 0 Å². The van der Waals surface area contributed by atoms with Crippen LogP contribution in [0.3, 0.4) is 0 Å². The van der Waals surface area contributed by atoms with E-state index in [9.17, 15) is 5.11 Å². The first-order chi connectivity index (χ1) is 16.3. The minimum Gasteiger partial charge on any atom is -0.394 e. The number of aliphatic hydroxyl groups excluding tert-OH is 1. The minimum atomic E-state index is -0.274. The predicted octanol–water partition coefficient (Wildman–Crippen LogP) is 3.80. The van der Waals surface area contributed by atoms with Crippen LogP contribution in [0.1, 0.15) is 50.2 Å². The van der Waals surface area contributed by atoms with E-state index in [2.05, 4.69) is 62.6 Å². The predicted molar refractivity (Wildman–Crippen MR) is 138 cm³/mol. The van der Waals surface area contributed by atoms with Gasteiger partial charge in [0, 0.05) is 37.1 Å². The van der Waals surface area contributed by atoms with Crippen molar-refractivity contribution < 1.29 is 5.11 Å². The lowest BCUT2D eigenvalue weighted by molar-refractivity contribution is 0.264. The highest BCUT2D eigenvalue weighted by molar-refractivity contribution is 6.04. The Labute approximate surface area is 201 Å². The maximum atomic E-state index is 9.50. The summed E-state index contributed by atoms with van der Waals surface area (Å²) in [6.07, 6.45) is 4.31. The van der Waals surface area contributed by atoms with Gasteiger partial charge in [0.2, 0.25) is 5.96 Å². The first kappa shape index (κ1) is 25.1. The van der Waals surface area contributed by atoms with Gasteiger partial charge in [-0.3, -0.25) is 4.98 Å². The fourth-order valence-electron chi connectivity index (χ4n) is 3.73. The van der Waals surface area contributed by atoms with Crippen LogP contribution in [0.15, 0.2) is 65.0 Å². The molecule has 34 heavy (non-hydrogen) atoms. The zero-order chi connectivity index (χ0) is 24.7. The smallest absolute Gasteiger partial charge is 0.217 e. The van der Waals surface area contributed by atoms with Gasteiger partial charge in [0.1, 0.15) is 5.69 Å². The number of benzene rings is 1. The Bertz CT molecular complexity index is 1110. The summed E-state index contributed by atoms with van der Waals surface area (Å²) in [6, 6.07) is 14.2. The van der Waals surface area contributed by atoms with Gasteiger partial charge in [-0.25, -0.2) is 9.98 Å². The van der Waals surface area contributed by atoms with Crippen molar-refractivity contribution in [2.24, 2.45) is 15.7 Å². The van der Waals surface area contributed by atoms with Crippen LogP contribution in [-0.2, 0) is 6.54 Å². The summed E-state index contributed by atoms with van der Waals surface area (Å²) >= 11 is 0. The molecule has 8 nitrogen and oxygen atoms in total. The Kier molecular flexibility index (Phi) is 8.54. The van der Waals surface area contributed by atoms with Gasteiger partial charge in [0.15, 0.2) is 5.84 Å². The van der Waals surface area contributed by atoms with E-state index in [0.717, 1.165) is 28.2 Å². The molecule has 3 N–H and O–H groups in total. The average molecular weight is 462 g/mol. The molecule has 0 aliphatic heterocycles. The molecule has 3 rings (SSSR count). The first-order valence-electron chi connectivity index (χ1n) is 11.6. The number of amidine groups is 1. The highest BCUT2D eigenvalue weighted by Gasteiger charge is 2.19. The number of rotatable bonds is 8. The third kappa shape index (κ3) is 6.08. The number of hydrogen-bond acceptors (Lipinski definition) is 4. The number of pyridine rings is 1. The number of imidazole rings is 1. The molecule has 0 spiro atoms. The highest BCUT2D eigenvalue weighted by Crippen LogP contribution is 2.19. The fourth-order valence-corrected chi connectivity index (χ4v) is 3.73. The molecule has 8 heteroatoms. The van der Waals surface area contributed by atoms with Crippen molar-refractivity contribution >= 4 is 11.8 Å². The van der Waals surface area contributed by atoms with E-state index in [1.165, 1.54) is 0 Å². The fraction of sp³-hybridized carbons (Fsp3) is 0.385. The first-order valence-corrected chi connectivity index (χ1v) is 11.6. The molecule has 0 unspecified atom stereocenters. The van der Waals surface area contributed by atoms with Gasteiger partial charge in [-0.05, 0) is 44.9 Å². The summed E-state index contributed by atoms with van der Waals surface area (Å²) in [4.78, 5) is 20.1. The zero-order valence-corrected chi connectivity index (χ0v) is 20.7.